The van der Waals surface area contributed by atoms with Crippen LogP contribution in [0, 0.1) is 10.1 Å². The van der Waals surface area contributed by atoms with E-state index in [1.165, 1.54) is 12.1 Å². The van der Waals surface area contributed by atoms with E-state index >= 15 is 0 Å². The van der Waals surface area contributed by atoms with E-state index in [1.807, 2.05) is 0 Å². The number of hydrogen-bond acceptors (Lipinski definition) is 8. The van der Waals surface area contributed by atoms with Crippen LogP contribution < -0.4 is 20.9 Å². The largest absolute Gasteiger partial charge is 0.482 e. The number of nitrogens with one attached hydrogen (secondary N) is 3. The maximum atomic E-state index is 12.1. The molecule has 0 spiro atoms. The third-order valence-electron chi connectivity index (χ3n) is 3.67. The Morgan fingerprint density at radius 2 is 1.94 bits per heavy atom. The summed E-state index contributed by atoms with van der Waals surface area (Å²) in [5.41, 5.74) is 4.81. The summed E-state index contributed by atoms with van der Waals surface area (Å²) in [6.07, 6.45) is 1.12. The van der Waals surface area contributed by atoms with Crippen molar-refractivity contribution >= 4 is 68.0 Å². The molecular formula is C18H13BrCl2N6O4. The number of amides is 1. The van der Waals surface area contributed by atoms with Gasteiger partial charge in [0.05, 0.1) is 9.95 Å². The van der Waals surface area contributed by atoms with Crippen molar-refractivity contribution in [2.45, 2.75) is 0 Å². The van der Waals surface area contributed by atoms with E-state index in [1.54, 1.807) is 30.3 Å². The third kappa shape index (κ3) is 6.17. The Kier molecular flexibility index (Phi) is 7.45. The normalized spacial score (nSPS) is 10.3. The molecule has 3 N–H and O–H groups in total. The fraction of sp³-hybridized carbons (Fsp3) is 0.0556. The highest BCUT2D eigenvalue weighted by Gasteiger charge is 2.23. The van der Waals surface area contributed by atoms with Gasteiger partial charge < -0.3 is 10.1 Å². The number of ether oxygens (including phenoxy) is 1. The van der Waals surface area contributed by atoms with Crippen molar-refractivity contribution in [2.75, 3.05) is 17.3 Å². The van der Waals surface area contributed by atoms with Crippen LogP contribution in [0.5, 0.6) is 5.75 Å². The minimum absolute atomic E-state index is 0.0564. The van der Waals surface area contributed by atoms with Crippen molar-refractivity contribution in [1.29, 1.82) is 0 Å². The summed E-state index contributed by atoms with van der Waals surface area (Å²) >= 11 is 15.1. The summed E-state index contributed by atoms with van der Waals surface area (Å²) in [5, 5.41) is 15.1. The molecule has 1 aromatic heterocycles. The fourth-order valence-corrected chi connectivity index (χ4v) is 3.20. The van der Waals surface area contributed by atoms with Gasteiger partial charge in [-0.05, 0) is 36.4 Å². The molecule has 3 rings (SSSR count). The van der Waals surface area contributed by atoms with Crippen molar-refractivity contribution in [3.8, 4) is 5.75 Å². The first-order chi connectivity index (χ1) is 14.8. The number of nitrogens with zero attached hydrogens (tertiary/aromatic N) is 3. The van der Waals surface area contributed by atoms with Gasteiger partial charge in [-0.2, -0.15) is 0 Å². The van der Waals surface area contributed by atoms with Crippen molar-refractivity contribution in [1.82, 2.24) is 15.4 Å². The van der Waals surface area contributed by atoms with Crippen LogP contribution in [0.1, 0.15) is 0 Å². The van der Waals surface area contributed by atoms with Crippen molar-refractivity contribution in [3.63, 3.8) is 0 Å². The van der Waals surface area contributed by atoms with Crippen LogP contribution in [-0.2, 0) is 4.79 Å². The molecule has 0 atom stereocenters. The van der Waals surface area contributed by atoms with Crippen LogP contribution in [0.4, 0.5) is 23.0 Å². The smallest absolute Gasteiger partial charge is 0.355 e. The quantitative estimate of drug-likeness (QED) is 0.283. The zero-order chi connectivity index (χ0) is 22.4. The summed E-state index contributed by atoms with van der Waals surface area (Å²) in [6, 6.07) is 11.5. The topological polar surface area (TPSA) is 131 Å². The van der Waals surface area contributed by atoms with Gasteiger partial charge in [0.25, 0.3) is 5.91 Å². The second-order valence-electron chi connectivity index (χ2n) is 5.85. The van der Waals surface area contributed by atoms with Crippen LogP contribution in [0.2, 0.25) is 10.0 Å². The number of carbonyl (C=O) groups is 1. The molecule has 0 aliphatic carbocycles. The number of anilines is 3. The molecule has 0 radical (unpaired) electrons. The van der Waals surface area contributed by atoms with Crippen LogP contribution in [-0.4, -0.2) is 27.4 Å². The third-order valence-corrected chi connectivity index (χ3v) is 4.69. The molecule has 0 saturated heterocycles. The second-order valence-corrected chi connectivity index (χ2v) is 7.61. The SMILES string of the molecule is O=C(COc1ccc(Cl)cc1Cl)NNc1ncnc(Nc2cccc(Br)c2)c1[N+](=O)[O-]. The summed E-state index contributed by atoms with van der Waals surface area (Å²) < 4.78 is 6.09. The van der Waals surface area contributed by atoms with Gasteiger partial charge in [-0.25, -0.2) is 9.97 Å². The highest BCUT2D eigenvalue weighted by Crippen LogP contribution is 2.31. The van der Waals surface area contributed by atoms with E-state index in [0.29, 0.717) is 10.7 Å². The van der Waals surface area contributed by atoms with Gasteiger partial charge in [0.2, 0.25) is 11.6 Å². The predicted molar refractivity (Wildman–Crippen MR) is 120 cm³/mol. The van der Waals surface area contributed by atoms with Crippen molar-refractivity contribution < 1.29 is 14.5 Å². The molecule has 1 heterocycles. The molecule has 2 aromatic carbocycles. The number of benzene rings is 2. The molecule has 0 aliphatic heterocycles. The molecule has 0 saturated carbocycles. The number of rotatable bonds is 8. The monoisotopic (exact) mass is 526 g/mol. The number of halogens is 3. The summed E-state index contributed by atoms with van der Waals surface area (Å²) in [7, 11) is 0. The molecule has 13 heteroatoms. The number of nitro groups is 1. The van der Waals surface area contributed by atoms with E-state index in [0.717, 1.165) is 10.8 Å². The molecule has 0 fully saturated rings. The van der Waals surface area contributed by atoms with Crippen molar-refractivity contribution in [3.05, 3.63) is 73.4 Å². The van der Waals surface area contributed by atoms with Gasteiger partial charge >= 0.3 is 5.69 Å². The minimum Gasteiger partial charge on any atom is -0.482 e. The van der Waals surface area contributed by atoms with Crippen molar-refractivity contribution in [2.24, 2.45) is 0 Å². The maximum Gasteiger partial charge on any atom is 0.355 e. The van der Waals surface area contributed by atoms with Crippen LogP contribution in [0.25, 0.3) is 0 Å². The lowest BCUT2D eigenvalue weighted by atomic mass is 10.3. The van der Waals surface area contributed by atoms with Gasteiger partial charge in [-0.1, -0.05) is 45.2 Å². The number of hydrazine groups is 1. The van der Waals surface area contributed by atoms with E-state index in [4.69, 9.17) is 27.9 Å². The molecule has 3 aromatic rings. The molecule has 0 unspecified atom stereocenters. The number of carbonyl (C=O) groups excluding carboxylic acids is 1. The van der Waals surface area contributed by atoms with Gasteiger partial charge in [0.15, 0.2) is 6.61 Å². The summed E-state index contributed by atoms with van der Waals surface area (Å²) in [6.45, 7) is -0.406. The van der Waals surface area contributed by atoms with Gasteiger partial charge in [0, 0.05) is 15.2 Å². The molecular weight excluding hydrogens is 515 g/mol. The standard InChI is InChI=1S/C18H13BrCl2N6O4/c19-10-2-1-3-12(6-10)24-17-16(27(29)30)18(23-9-22-17)26-25-15(28)8-31-14-5-4-11(20)7-13(14)21/h1-7,9H,8H2,(H,25,28)(H2,22,23,24,26). The average Bonchev–Trinajstić information content (AvgIpc) is 2.71. The molecule has 1 amide bonds. The fourth-order valence-electron chi connectivity index (χ4n) is 2.34. The highest BCUT2D eigenvalue weighted by molar-refractivity contribution is 9.10. The predicted octanol–water partition coefficient (Wildman–Crippen LogP) is 4.72. The molecule has 31 heavy (non-hydrogen) atoms. The van der Waals surface area contributed by atoms with E-state index in [9.17, 15) is 14.9 Å². The number of aromatic nitrogens is 2. The summed E-state index contributed by atoms with van der Waals surface area (Å²) in [4.78, 5) is 30.7. The first kappa shape index (κ1) is 22.5. The second kappa shape index (κ2) is 10.2. The zero-order valence-electron chi connectivity index (χ0n) is 15.4. The average molecular weight is 528 g/mol. The maximum absolute atomic E-state index is 12.1. The summed E-state index contributed by atoms with van der Waals surface area (Å²) in [5.74, 6) is -0.635. The lowest BCUT2D eigenvalue weighted by molar-refractivity contribution is -0.383. The van der Waals surface area contributed by atoms with Crippen LogP contribution in [0.3, 0.4) is 0 Å². The number of hydrogen-bond donors (Lipinski definition) is 3. The van der Waals surface area contributed by atoms with E-state index in [2.05, 4.69) is 42.1 Å². The zero-order valence-corrected chi connectivity index (χ0v) is 18.5. The van der Waals surface area contributed by atoms with Gasteiger partial charge in [-0.3, -0.25) is 25.8 Å². The first-order valence-corrected chi connectivity index (χ1v) is 10.0. The Balaban J connectivity index is 1.68. The lowest BCUT2D eigenvalue weighted by Gasteiger charge is -2.12. The lowest BCUT2D eigenvalue weighted by Crippen LogP contribution is -2.34. The Morgan fingerprint density at radius 1 is 1.16 bits per heavy atom. The molecule has 160 valence electrons. The molecule has 0 bridgehead atoms. The molecule has 10 nitrogen and oxygen atoms in total. The Hall–Kier alpha value is -3.15. The highest BCUT2D eigenvalue weighted by atomic mass is 79.9. The van der Waals surface area contributed by atoms with Gasteiger partial charge in [0.1, 0.15) is 12.1 Å². The van der Waals surface area contributed by atoms with Crippen LogP contribution >= 0.6 is 39.1 Å². The van der Waals surface area contributed by atoms with E-state index < -0.39 is 23.1 Å². The Morgan fingerprint density at radius 3 is 2.65 bits per heavy atom. The van der Waals surface area contributed by atoms with Crippen LogP contribution in [0.15, 0.2) is 53.3 Å². The Labute approximate surface area is 194 Å². The molecule has 0 aliphatic rings. The van der Waals surface area contributed by atoms with Gasteiger partial charge in [-0.15, -0.1) is 0 Å². The first-order valence-electron chi connectivity index (χ1n) is 8.48. The minimum atomic E-state index is -0.668. The Bertz CT molecular complexity index is 1130. The van der Waals surface area contributed by atoms with E-state index in [-0.39, 0.29) is 22.4 Å².